The van der Waals surface area contributed by atoms with Crippen LogP contribution in [0, 0.1) is 0 Å². The van der Waals surface area contributed by atoms with E-state index in [4.69, 9.17) is 9.15 Å². The van der Waals surface area contributed by atoms with Gasteiger partial charge in [0.25, 0.3) is 0 Å². The largest absolute Gasteiger partial charge is 0.467 e. The molecule has 0 saturated heterocycles. The summed E-state index contributed by atoms with van der Waals surface area (Å²) in [7, 11) is 0. The molecule has 1 aromatic heterocycles. The molecular formula is C25H30N2O3. The second-order valence-electron chi connectivity index (χ2n) is 7.14. The fraction of sp³-hybridized carbons (Fsp3) is 0.320. The Morgan fingerprint density at radius 3 is 2.43 bits per heavy atom. The van der Waals surface area contributed by atoms with E-state index >= 15 is 0 Å². The topological polar surface area (TPSA) is 54.7 Å². The lowest BCUT2D eigenvalue weighted by atomic mass is 10.0. The van der Waals surface area contributed by atoms with E-state index in [1.807, 2.05) is 60.7 Å². The maximum atomic E-state index is 13.1. The van der Waals surface area contributed by atoms with Gasteiger partial charge in [0.05, 0.1) is 12.9 Å². The minimum atomic E-state index is -0.291. The third-order valence-electron chi connectivity index (χ3n) is 5.09. The van der Waals surface area contributed by atoms with Crippen molar-refractivity contribution in [2.75, 3.05) is 13.1 Å². The minimum absolute atomic E-state index is 0.0179. The van der Waals surface area contributed by atoms with Gasteiger partial charge in [0, 0.05) is 6.54 Å². The second kappa shape index (κ2) is 11.3. The molecule has 1 heterocycles. The Balaban J connectivity index is 1.59. The van der Waals surface area contributed by atoms with Crippen molar-refractivity contribution in [2.24, 2.45) is 0 Å². The van der Waals surface area contributed by atoms with Crippen LogP contribution >= 0.6 is 0 Å². The van der Waals surface area contributed by atoms with E-state index in [2.05, 4.69) is 30.1 Å². The highest BCUT2D eigenvalue weighted by atomic mass is 16.5. The number of hydrogen-bond donors (Lipinski definition) is 1. The summed E-state index contributed by atoms with van der Waals surface area (Å²) in [5.41, 5.74) is 3.13. The van der Waals surface area contributed by atoms with Gasteiger partial charge < -0.3 is 14.5 Å². The van der Waals surface area contributed by atoms with Gasteiger partial charge in [0.15, 0.2) is 0 Å². The second-order valence-corrected chi connectivity index (χ2v) is 7.14. The first-order valence-electron chi connectivity index (χ1n) is 10.5. The molecule has 30 heavy (non-hydrogen) atoms. The van der Waals surface area contributed by atoms with Crippen molar-refractivity contribution in [3.05, 3.63) is 95.4 Å². The average Bonchev–Trinajstić information content (AvgIpc) is 3.30. The summed E-state index contributed by atoms with van der Waals surface area (Å²) >= 11 is 0. The highest BCUT2D eigenvalue weighted by Crippen LogP contribution is 2.21. The van der Waals surface area contributed by atoms with Crippen LogP contribution in [0.5, 0.6) is 0 Å². The number of likely N-dealkylation sites (N-methyl/N-ethyl adjacent to an activating group) is 1. The summed E-state index contributed by atoms with van der Waals surface area (Å²) in [6, 6.07) is 21.5. The number of furan rings is 1. The van der Waals surface area contributed by atoms with Crippen LogP contribution in [0.15, 0.2) is 77.4 Å². The molecule has 3 aromatic rings. The molecule has 0 fully saturated rings. The Morgan fingerprint density at radius 2 is 1.73 bits per heavy atom. The number of rotatable bonds is 11. The Morgan fingerprint density at radius 1 is 0.967 bits per heavy atom. The van der Waals surface area contributed by atoms with Crippen molar-refractivity contribution < 1.29 is 13.9 Å². The van der Waals surface area contributed by atoms with Crippen LogP contribution < -0.4 is 5.32 Å². The summed E-state index contributed by atoms with van der Waals surface area (Å²) < 4.78 is 11.0. The summed E-state index contributed by atoms with van der Waals surface area (Å²) in [6.07, 6.45) is 1.64. The summed E-state index contributed by atoms with van der Waals surface area (Å²) in [6.45, 7) is 7.20. The molecule has 1 atom stereocenters. The van der Waals surface area contributed by atoms with E-state index in [0.717, 1.165) is 35.5 Å². The summed E-state index contributed by atoms with van der Waals surface area (Å²) in [4.78, 5) is 15.2. The third kappa shape index (κ3) is 6.05. The van der Waals surface area contributed by atoms with Crippen LogP contribution in [0.1, 0.15) is 42.3 Å². The number of nitrogens with zero attached hydrogens (tertiary/aromatic N) is 1. The van der Waals surface area contributed by atoms with Gasteiger partial charge in [-0.25, -0.2) is 0 Å². The van der Waals surface area contributed by atoms with Crippen molar-refractivity contribution in [1.29, 1.82) is 0 Å². The molecule has 0 bridgehead atoms. The zero-order valence-electron chi connectivity index (χ0n) is 17.7. The number of carbonyl (C=O) groups is 1. The molecule has 1 unspecified atom stereocenters. The molecule has 0 spiro atoms. The van der Waals surface area contributed by atoms with E-state index in [0.29, 0.717) is 19.8 Å². The van der Waals surface area contributed by atoms with Crippen molar-refractivity contribution in [1.82, 2.24) is 10.2 Å². The van der Waals surface area contributed by atoms with Crippen LogP contribution in [0.25, 0.3) is 0 Å². The first-order valence-corrected chi connectivity index (χ1v) is 10.5. The first kappa shape index (κ1) is 21.8. The standard InChI is InChI=1S/C25H30N2O3/c1-3-27(4-2)24(22-12-6-5-7-13-22)25(28)26-17-20-10-8-11-21(16-20)18-29-19-23-14-9-15-30-23/h5-16,24H,3-4,17-19H2,1-2H3,(H,26,28). The lowest BCUT2D eigenvalue weighted by Crippen LogP contribution is -2.40. The lowest BCUT2D eigenvalue weighted by Gasteiger charge is -2.29. The van der Waals surface area contributed by atoms with Gasteiger partial charge in [-0.3, -0.25) is 9.69 Å². The fourth-order valence-corrected chi connectivity index (χ4v) is 3.53. The molecule has 2 aromatic carbocycles. The SMILES string of the molecule is CCN(CC)C(C(=O)NCc1cccc(COCc2ccco2)c1)c1ccccc1. The number of carbonyl (C=O) groups excluding carboxylic acids is 1. The van der Waals surface area contributed by atoms with Gasteiger partial charge in [-0.05, 0) is 41.9 Å². The van der Waals surface area contributed by atoms with E-state index in [1.165, 1.54) is 0 Å². The highest BCUT2D eigenvalue weighted by molar-refractivity contribution is 5.83. The van der Waals surface area contributed by atoms with Gasteiger partial charge in [-0.1, -0.05) is 68.4 Å². The summed E-state index contributed by atoms with van der Waals surface area (Å²) in [5.74, 6) is 0.825. The van der Waals surface area contributed by atoms with Gasteiger partial charge in [-0.15, -0.1) is 0 Å². The Hall–Kier alpha value is -2.89. The van der Waals surface area contributed by atoms with Crippen molar-refractivity contribution in [3.63, 3.8) is 0 Å². The third-order valence-corrected chi connectivity index (χ3v) is 5.09. The molecule has 0 aliphatic heterocycles. The van der Waals surface area contributed by atoms with Gasteiger partial charge in [-0.2, -0.15) is 0 Å². The Labute approximate surface area is 178 Å². The average molecular weight is 407 g/mol. The molecule has 158 valence electrons. The number of hydrogen-bond acceptors (Lipinski definition) is 4. The maximum Gasteiger partial charge on any atom is 0.242 e. The predicted octanol–water partition coefficient (Wildman–Crippen LogP) is 4.70. The van der Waals surface area contributed by atoms with Crippen LogP contribution in [-0.4, -0.2) is 23.9 Å². The minimum Gasteiger partial charge on any atom is -0.467 e. The van der Waals surface area contributed by atoms with E-state index in [9.17, 15) is 4.79 Å². The number of nitrogens with one attached hydrogen (secondary N) is 1. The number of ether oxygens (including phenoxy) is 1. The highest BCUT2D eigenvalue weighted by Gasteiger charge is 2.25. The normalized spacial score (nSPS) is 12.1. The van der Waals surface area contributed by atoms with E-state index in [1.54, 1.807) is 6.26 Å². The molecule has 5 heteroatoms. The van der Waals surface area contributed by atoms with Gasteiger partial charge >= 0.3 is 0 Å². The monoisotopic (exact) mass is 406 g/mol. The van der Waals surface area contributed by atoms with Crippen LogP contribution in [0.3, 0.4) is 0 Å². The van der Waals surface area contributed by atoms with Crippen molar-refractivity contribution >= 4 is 5.91 Å². The number of amides is 1. The lowest BCUT2D eigenvalue weighted by molar-refractivity contribution is -0.126. The van der Waals surface area contributed by atoms with Crippen molar-refractivity contribution in [3.8, 4) is 0 Å². The molecule has 3 rings (SSSR count). The van der Waals surface area contributed by atoms with Crippen molar-refractivity contribution in [2.45, 2.75) is 39.6 Å². The van der Waals surface area contributed by atoms with Gasteiger partial charge in [0.1, 0.15) is 18.4 Å². The van der Waals surface area contributed by atoms with E-state index < -0.39 is 0 Å². The fourth-order valence-electron chi connectivity index (χ4n) is 3.53. The molecule has 0 radical (unpaired) electrons. The summed E-state index contributed by atoms with van der Waals surface area (Å²) in [5, 5.41) is 3.12. The molecule has 0 saturated carbocycles. The molecule has 1 N–H and O–H groups in total. The Bertz CT molecular complexity index is 890. The predicted molar refractivity (Wildman–Crippen MR) is 118 cm³/mol. The molecule has 0 aliphatic rings. The quantitative estimate of drug-likeness (QED) is 0.502. The zero-order chi connectivity index (χ0) is 21.2. The Kier molecular flexibility index (Phi) is 8.24. The molecule has 1 amide bonds. The first-order chi connectivity index (χ1) is 14.7. The molecule has 5 nitrogen and oxygen atoms in total. The molecule has 0 aliphatic carbocycles. The zero-order valence-corrected chi connectivity index (χ0v) is 17.7. The van der Waals surface area contributed by atoms with Crippen LogP contribution in [0.4, 0.5) is 0 Å². The van der Waals surface area contributed by atoms with Crippen LogP contribution in [0.2, 0.25) is 0 Å². The number of benzene rings is 2. The van der Waals surface area contributed by atoms with Crippen LogP contribution in [-0.2, 0) is 29.3 Å². The smallest absolute Gasteiger partial charge is 0.242 e. The van der Waals surface area contributed by atoms with E-state index in [-0.39, 0.29) is 11.9 Å². The molecular weight excluding hydrogens is 376 g/mol. The van der Waals surface area contributed by atoms with Gasteiger partial charge in [0.2, 0.25) is 5.91 Å². The maximum absolute atomic E-state index is 13.1.